The monoisotopic (exact) mass is 288 g/mol. The Morgan fingerprint density at radius 2 is 2.10 bits per heavy atom. The van der Waals surface area contributed by atoms with Gasteiger partial charge in [0.25, 0.3) is 5.91 Å². The molecule has 0 unspecified atom stereocenters. The first-order valence-electron chi connectivity index (χ1n) is 6.96. The van der Waals surface area contributed by atoms with E-state index < -0.39 is 0 Å². The molecule has 0 fully saturated rings. The molecule has 112 valence electrons. The van der Waals surface area contributed by atoms with Crippen LogP contribution in [0, 0.1) is 0 Å². The van der Waals surface area contributed by atoms with Crippen molar-refractivity contribution in [2.45, 2.75) is 13.0 Å². The molecule has 0 saturated heterocycles. The quantitative estimate of drug-likeness (QED) is 0.733. The Balaban J connectivity index is 1.65. The highest BCUT2D eigenvalue weighted by Gasteiger charge is 2.08. The molecule has 0 aliphatic heterocycles. The first-order chi connectivity index (χ1) is 10.3. The van der Waals surface area contributed by atoms with Crippen molar-refractivity contribution >= 4 is 11.6 Å². The molecule has 1 aromatic heterocycles. The average Bonchev–Trinajstić information content (AvgIpc) is 3.03. The third-order valence-corrected chi connectivity index (χ3v) is 3.02. The lowest BCUT2D eigenvalue weighted by atomic mass is 10.1. The highest BCUT2D eigenvalue weighted by Crippen LogP contribution is 2.13. The van der Waals surface area contributed by atoms with Gasteiger partial charge < -0.3 is 19.8 Å². The summed E-state index contributed by atoms with van der Waals surface area (Å²) in [4.78, 5) is 12.0. The van der Waals surface area contributed by atoms with Gasteiger partial charge in [0.15, 0.2) is 0 Å². The van der Waals surface area contributed by atoms with Gasteiger partial charge in [0, 0.05) is 25.9 Å². The Kier molecular flexibility index (Phi) is 5.84. The van der Waals surface area contributed by atoms with Crippen LogP contribution in [0.25, 0.3) is 0 Å². The third-order valence-electron chi connectivity index (χ3n) is 3.02. The predicted octanol–water partition coefficient (Wildman–Crippen LogP) is 2.66. The van der Waals surface area contributed by atoms with Gasteiger partial charge in [0.05, 0.1) is 11.8 Å². The molecule has 0 aliphatic carbocycles. The van der Waals surface area contributed by atoms with E-state index in [0.29, 0.717) is 25.3 Å². The van der Waals surface area contributed by atoms with Crippen LogP contribution in [0.15, 0.2) is 47.1 Å². The van der Waals surface area contributed by atoms with Crippen LogP contribution in [0.5, 0.6) is 0 Å². The number of para-hydroxylation sites is 1. The van der Waals surface area contributed by atoms with Crippen molar-refractivity contribution in [3.63, 3.8) is 0 Å². The van der Waals surface area contributed by atoms with E-state index in [1.165, 1.54) is 0 Å². The van der Waals surface area contributed by atoms with Gasteiger partial charge in [0.2, 0.25) is 0 Å². The van der Waals surface area contributed by atoms with Gasteiger partial charge in [-0.3, -0.25) is 4.79 Å². The van der Waals surface area contributed by atoms with Crippen LogP contribution in [0.2, 0.25) is 0 Å². The molecule has 5 nitrogen and oxygen atoms in total. The Hall–Kier alpha value is -2.27. The number of benzene rings is 1. The molecule has 0 radical (unpaired) electrons. The lowest BCUT2D eigenvalue weighted by Crippen LogP contribution is -2.26. The second-order valence-corrected chi connectivity index (χ2v) is 4.54. The van der Waals surface area contributed by atoms with Crippen LogP contribution in [0.1, 0.15) is 22.5 Å². The van der Waals surface area contributed by atoms with Crippen molar-refractivity contribution < 1.29 is 13.9 Å². The highest BCUT2D eigenvalue weighted by molar-refractivity contribution is 5.99. The van der Waals surface area contributed by atoms with Gasteiger partial charge in [-0.2, -0.15) is 0 Å². The van der Waals surface area contributed by atoms with Crippen molar-refractivity contribution in [2.75, 3.05) is 25.5 Å². The van der Waals surface area contributed by atoms with E-state index >= 15 is 0 Å². The summed E-state index contributed by atoms with van der Waals surface area (Å²) >= 11 is 0. The van der Waals surface area contributed by atoms with Crippen molar-refractivity contribution in [1.82, 2.24) is 5.32 Å². The topological polar surface area (TPSA) is 63.5 Å². The van der Waals surface area contributed by atoms with Gasteiger partial charge >= 0.3 is 0 Å². The summed E-state index contributed by atoms with van der Waals surface area (Å²) < 4.78 is 10.6. The number of nitrogens with one attached hydrogen (secondary N) is 2. The molecular weight excluding hydrogens is 268 g/mol. The highest BCUT2D eigenvalue weighted by atomic mass is 16.5. The minimum Gasteiger partial charge on any atom is -0.467 e. The number of hydrogen-bond donors (Lipinski definition) is 2. The van der Waals surface area contributed by atoms with E-state index in [-0.39, 0.29) is 5.91 Å². The molecule has 2 aromatic rings. The summed E-state index contributed by atoms with van der Waals surface area (Å²) in [7, 11) is 1.80. The molecule has 0 bridgehead atoms. The van der Waals surface area contributed by atoms with Crippen LogP contribution in [0.4, 0.5) is 5.69 Å². The number of carbonyl (C=O) groups excluding carboxylic acids is 1. The zero-order valence-electron chi connectivity index (χ0n) is 12.1. The Morgan fingerprint density at radius 1 is 1.24 bits per heavy atom. The fraction of sp³-hybridized carbons (Fsp3) is 0.312. The molecule has 0 aliphatic rings. The summed E-state index contributed by atoms with van der Waals surface area (Å²) in [6.07, 6.45) is 2.38. The molecule has 0 spiro atoms. The Labute approximate surface area is 124 Å². The molecule has 1 amide bonds. The largest absolute Gasteiger partial charge is 0.467 e. The zero-order valence-corrected chi connectivity index (χ0v) is 12.1. The molecule has 0 atom stereocenters. The molecule has 2 N–H and O–H groups in total. The normalized spacial score (nSPS) is 10.3. The fourth-order valence-corrected chi connectivity index (χ4v) is 1.94. The van der Waals surface area contributed by atoms with Gasteiger partial charge in [-0.05, 0) is 30.7 Å². The SMILES string of the molecule is CNc1ccccc1C(=O)NCCCOCc1ccco1. The van der Waals surface area contributed by atoms with Crippen LogP contribution >= 0.6 is 0 Å². The minimum absolute atomic E-state index is 0.0778. The second-order valence-electron chi connectivity index (χ2n) is 4.54. The van der Waals surface area contributed by atoms with Gasteiger partial charge in [0.1, 0.15) is 12.4 Å². The van der Waals surface area contributed by atoms with E-state index in [9.17, 15) is 4.79 Å². The summed E-state index contributed by atoms with van der Waals surface area (Å²) in [5.74, 6) is 0.730. The van der Waals surface area contributed by atoms with Crippen LogP contribution in [-0.4, -0.2) is 26.1 Å². The van der Waals surface area contributed by atoms with E-state index in [0.717, 1.165) is 17.9 Å². The zero-order chi connectivity index (χ0) is 14.9. The molecule has 21 heavy (non-hydrogen) atoms. The predicted molar refractivity (Wildman–Crippen MR) is 81.3 cm³/mol. The van der Waals surface area contributed by atoms with E-state index in [2.05, 4.69) is 10.6 Å². The van der Waals surface area contributed by atoms with Crippen molar-refractivity contribution in [3.8, 4) is 0 Å². The maximum atomic E-state index is 12.0. The van der Waals surface area contributed by atoms with Gasteiger partial charge in [-0.15, -0.1) is 0 Å². The lowest BCUT2D eigenvalue weighted by Gasteiger charge is -2.09. The number of amides is 1. The summed E-state index contributed by atoms with van der Waals surface area (Å²) in [5, 5.41) is 5.89. The fourth-order valence-electron chi connectivity index (χ4n) is 1.94. The van der Waals surface area contributed by atoms with Crippen molar-refractivity contribution in [3.05, 3.63) is 54.0 Å². The van der Waals surface area contributed by atoms with E-state index in [1.807, 2.05) is 30.3 Å². The van der Waals surface area contributed by atoms with E-state index in [4.69, 9.17) is 9.15 Å². The molecular formula is C16H20N2O3. The number of rotatable bonds is 8. The van der Waals surface area contributed by atoms with Crippen LogP contribution in [0.3, 0.4) is 0 Å². The molecule has 1 aromatic carbocycles. The number of furan rings is 1. The number of anilines is 1. The summed E-state index contributed by atoms with van der Waals surface area (Å²) in [6, 6.07) is 11.1. The van der Waals surface area contributed by atoms with Crippen molar-refractivity contribution in [2.24, 2.45) is 0 Å². The smallest absolute Gasteiger partial charge is 0.253 e. The minimum atomic E-state index is -0.0778. The maximum absolute atomic E-state index is 12.0. The third kappa shape index (κ3) is 4.65. The average molecular weight is 288 g/mol. The van der Waals surface area contributed by atoms with Crippen molar-refractivity contribution in [1.29, 1.82) is 0 Å². The first kappa shape index (κ1) is 15.1. The van der Waals surface area contributed by atoms with Gasteiger partial charge in [-0.25, -0.2) is 0 Å². The molecule has 0 saturated carbocycles. The van der Waals surface area contributed by atoms with Gasteiger partial charge in [-0.1, -0.05) is 12.1 Å². The van der Waals surface area contributed by atoms with Crippen LogP contribution in [-0.2, 0) is 11.3 Å². The lowest BCUT2D eigenvalue weighted by molar-refractivity contribution is 0.0917. The van der Waals surface area contributed by atoms with E-state index in [1.54, 1.807) is 19.4 Å². The second kappa shape index (κ2) is 8.11. The number of carbonyl (C=O) groups is 1. The Morgan fingerprint density at radius 3 is 2.86 bits per heavy atom. The van der Waals surface area contributed by atoms with Crippen LogP contribution < -0.4 is 10.6 Å². The molecule has 5 heteroatoms. The molecule has 1 heterocycles. The number of hydrogen-bond acceptors (Lipinski definition) is 4. The molecule has 2 rings (SSSR count). The summed E-state index contributed by atoms with van der Waals surface area (Å²) in [5.41, 5.74) is 1.47. The maximum Gasteiger partial charge on any atom is 0.253 e. The Bertz CT molecular complexity index is 552. The summed E-state index contributed by atoms with van der Waals surface area (Å²) in [6.45, 7) is 1.62. The number of ether oxygens (including phenoxy) is 1. The first-order valence-corrected chi connectivity index (χ1v) is 6.96. The standard InChI is InChI=1S/C16H20N2O3/c1-17-15-8-3-2-7-14(15)16(19)18-9-5-10-20-12-13-6-4-11-21-13/h2-4,6-8,11,17H,5,9-10,12H2,1H3,(H,18,19).